The number of aliphatic hydroxyl groups is 2. The van der Waals surface area contributed by atoms with Crippen LogP contribution in [0.4, 0.5) is 5.82 Å². The normalized spacial score (nSPS) is 15.6. The van der Waals surface area contributed by atoms with E-state index in [2.05, 4.69) is 15.9 Å². The van der Waals surface area contributed by atoms with Gasteiger partial charge in [-0.05, 0) is 12.5 Å². The zero-order valence-corrected chi connectivity index (χ0v) is 11.9. The molecule has 7 nitrogen and oxygen atoms in total. The maximum Gasteiger partial charge on any atom is 0.178 e. The Balaban J connectivity index is 2.41. The van der Waals surface area contributed by atoms with E-state index in [0.717, 1.165) is 10.9 Å². The summed E-state index contributed by atoms with van der Waals surface area (Å²) >= 11 is 0. The van der Waals surface area contributed by atoms with E-state index in [0.29, 0.717) is 11.5 Å². The molecule has 0 saturated heterocycles. The molecule has 21 heavy (non-hydrogen) atoms. The van der Waals surface area contributed by atoms with Crippen molar-refractivity contribution in [2.45, 2.75) is 25.2 Å². The van der Waals surface area contributed by atoms with Gasteiger partial charge >= 0.3 is 0 Å². The molecule has 4 N–H and O–H groups in total. The average Bonchev–Trinajstić information content (AvgIpc) is 2.79. The molecule has 0 aliphatic rings. The highest BCUT2D eigenvalue weighted by atomic mass is 16.5. The predicted octanol–water partition coefficient (Wildman–Crippen LogP) is -0.306. The molecule has 0 aromatic carbocycles. The van der Waals surface area contributed by atoms with E-state index < -0.39 is 18.3 Å². The summed E-state index contributed by atoms with van der Waals surface area (Å²) in [5, 5.41) is 20.5. The van der Waals surface area contributed by atoms with Crippen molar-refractivity contribution >= 4 is 16.9 Å². The lowest BCUT2D eigenvalue weighted by atomic mass is 9.98. The number of aryl methyl sites for hydroxylation is 1. The van der Waals surface area contributed by atoms with Crippen LogP contribution < -0.4 is 5.73 Å². The Morgan fingerprint density at radius 3 is 2.86 bits per heavy atom. The fourth-order valence-corrected chi connectivity index (χ4v) is 2.32. The number of fused-ring (bicyclic) bond motifs is 1. The first kappa shape index (κ1) is 15.3. The maximum atomic E-state index is 10.3. The Labute approximate surface area is 122 Å². The number of nitrogens with two attached hydrogens (primary N) is 1. The number of ether oxygens (including phenoxy) is 1. The van der Waals surface area contributed by atoms with Crippen LogP contribution in [-0.4, -0.2) is 50.2 Å². The molecule has 0 saturated carbocycles. The first-order valence-electron chi connectivity index (χ1n) is 6.36. The summed E-state index contributed by atoms with van der Waals surface area (Å²) in [6.07, 6.45) is 7.42. The monoisotopic (exact) mass is 290 g/mol. The van der Waals surface area contributed by atoms with Crippen LogP contribution in [0.25, 0.3) is 11.0 Å². The average molecular weight is 290 g/mol. The van der Waals surface area contributed by atoms with Gasteiger partial charge in [0.2, 0.25) is 0 Å². The van der Waals surface area contributed by atoms with E-state index in [1.165, 1.54) is 13.4 Å². The highest BCUT2D eigenvalue weighted by molar-refractivity contribution is 5.89. The minimum absolute atomic E-state index is 0.111. The molecule has 2 heterocycles. The van der Waals surface area contributed by atoms with Crippen molar-refractivity contribution in [3.8, 4) is 12.3 Å². The Morgan fingerprint density at radius 2 is 2.29 bits per heavy atom. The lowest BCUT2D eigenvalue weighted by molar-refractivity contribution is -0.0947. The molecular weight excluding hydrogens is 272 g/mol. The number of aromatic nitrogens is 3. The standard InChI is InChI=1S/C14H18N4O3/c1-4-14(7-19,21-3)10(20)6-18-5-9(2)11-12(15)16-8-17-13(11)18/h1,5,8,10,19-20H,6-7H2,2-3H3,(H2,15,16,17)/t10-,14+/m0/s1. The number of nitrogen functional groups attached to an aromatic ring is 1. The summed E-state index contributed by atoms with van der Waals surface area (Å²) in [6.45, 7) is 1.50. The molecule has 2 rings (SSSR count). The van der Waals surface area contributed by atoms with Crippen molar-refractivity contribution in [3.63, 3.8) is 0 Å². The fourth-order valence-electron chi connectivity index (χ4n) is 2.32. The van der Waals surface area contributed by atoms with Gasteiger partial charge in [0.15, 0.2) is 5.60 Å². The number of methoxy groups -OCH3 is 1. The van der Waals surface area contributed by atoms with Gasteiger partial charge in [-0.2, -0.15) is 0 Å². The first-order valence-corrected chi connectivity index (χ1v) is 6.36. The van der Waals surface area contributed by atoms with Gasteiger partial charge in [-0.15, -0.1) is 6.42 Å². The quantitative estimate of drug-likeness (QED) is 0.652. The van der Waals surface area contributed by atoms with Gasteiger partial charge in [0, 0.05) is 13.3 Å². The number of hydrogen-bond acceptors (Lipinski definition) is 6. The van der Waals surface area contributed by atoms with Gasteiger partial charge in [0.1, 0.15) is 23.9 Å². The molecule has 0 aliphatic heterocycles. The summed E-state index contributed by atoms with van der Waals surface area (Å²) in [7, 11) is 1.35. The van der Waals surface area contributed by atoms with E-state index in [4.69, 9.17) is 16.9 Å². The SMILES string of the molecule is C#C[C@](CO)(OC)[C@@H](O)Cn1cc(C)c2c(N)ncnc21. The van der Waals surface area contributed by atoms with Crippen molar-refractivity contribution < 1.29 is 14.9 Å². The molecule has 0 fully saturated rings. The molecule has 112 valence electrons. The van der Waals surface area contributed by atoms with E-state index >= 15 is 0 Å². The van der Waals surface area contributed by atoms with Gasteiger partial charge in [-0.3, -0.25) is 0 Å². The van der Waals surface area contributed by atoms with Crippen LogP contribution in [0.3, 0.4) is 0 Å². The number of nitrogens with zero attached hydrogens (tertiary/aromatic N) is 3. The fraction of sp³-hybridized carbons (Fsp3) is 0.429. The molecular formula is C14H18N4O3. The van der Waals surface area contributed by atoms with E-state index in [1.54, 1.807) is 10.8 Å². The van der Waals surface area contributed by atoms with Crippen molar-refractivity contribution in [2.24, 2.45) is 0 Å². The zero-order chi connectivity index (χ0) is 15.6. The molecule has 0 spiro atoms. The van der Waals surface area contributed by atoms with E-state index in [1.807, 2.05) is 6.92 Å². The summed E-state index contributed by atoms with van der Waals surface area (Å²) < 4.78 is 6.82. The summed E-state index contributed by atoms with van der Waals surface area (Å²) in [5.74, 6) is 2.69. The Morgan fingerprint density at radius 1 is 1.57 bits per heavy atom. The predicted molar refractivity (Wildman–Crippen MR) is 78.3 cm³/mol. The summed E-state index contributed by atoms with van der Waals surface area (Å²) in [6, 6.07) is 0. The third-order valence-electron chi connectivity index (χ3n) is 3.62. The van der Waals surface area contributed by atoms with Crippen LogP contribution in [0.5, 0.6) is 0 Å². The highest BCUT2D eigenvalue weighted by Crippen LogP contribution is 2.24. The molecule has 2 aromatic heterocycles. The largest absolute Gasteiger partial charge is 0.392 e. The number of terminal acetylenes is 1. The lowest BCUT2D eigenvalue weighted by Crippen LogP contribution is -2.48. The van der Waals surface area contributed by atoms with Gasteiger partial charge < -0.3 is 25.3 Å². The van der Waals surface area contributed by atoms with Gasteiger partial charge in [0.05, 0.1) is 18.5 Å². The van der Waals surface area contributed by atoms with Crippen LogP contribution in [0, 0.1) is 19.3 Å². The van der Waals surface area contributed by atoms with Gasteiger partial charge in [-0.25, -0.2) is 9.97 Å². The number of hydrogen-bond donors (Lipinski definition) is 3. The molecule has 0 unspecified atom stereocenters. The number of anilines is 1. The topological polar surface area (TPSA) is 106 Å². The van der Waals surface area contributed by atoms with E-state index in [-0.39, 0.29) is 6.54 Å². The third kappa shape index (κ3) is 2.45. The van der Waals surface area contributed by atoms with Crippen LogP contribution in [0.15, 0.2) is 12.5 Å². The molecule has 0 amide bonds. The lowest BCUT2D eigenvalue weighted by Gasteiger charge is -2.30. The third-order valence-corrected chi connectivity index (χ3v) is 3.62. The van der Waals surface area contributed by atoms with E-state index in [9.17, 15) is 10.2 Å². The zero-order valence-electron chi connectivity index (χ0n) is 11.9. The molecule has 0 bridgehead atoms. The second kappa shape index (κ2) is 5.69. The molecule has 7 heteroatoms. The minimum Gasteiger partial charge on any atom is -0.392 e. The van der Waals surface area contributed by atoms with Gasteiger partial charge in [-0.1, -0.05) is 5.92 Å². The van der Waals surface area contributed by atoms with Crippen molar-refractivity contribution in [1.82, 2.24) is 14.5 Å². The minimum atomic E-state index is -1.46. The highest BCUT2D eigenvalue weighted by Gasteiger charge is 2.36. The van der Waals surface area contributed by atoms with Crippen LogP contribution >= 0.6 is 0 Å². The Bertz CT molecular complexity index is 685. The van der Waals surface area contributed by atoms with Crippen molar-refractivity contribution in [3.05, 3.63) is 18.1 Å². The first-order chi connectivity index (χ1) is 9.99. The number of aliphatic hydroxyl groups excluding tert-OH is 2. The molecule has 2 aromatic rings. The summed E-state index contributed by atoms with van der Waals surface area (Å²) in [5.41, 5.74) is 5.87. The Kier molecular flexibility index (Phi) is 4.14. The number of rotatable bonds is 5. The van der Waals surface area contributed by atoms with Gasteiger partial charge in [0.25, 0.3) is 0 Å². The van der Waals surface area contributed by atoms with Crippen LogP contribution in [0.2, 0.25) is 0 Å². The van der Waals surface area contributed by atoms with Crippen LogP contribution in [-0.2, 0) is 11.3 Å². The smallest absolute Gasteiger partial charge is 0.178 e. The molecule has 0 radical (unpaired) electrons. The molecule has 2 atom stereocenters. The summed E-state index contributed by atoms with van der Waals surface area (Å²) in [4.78, 5) is 8.13. The van der Waals surface area contributed by atoms with Crippen molar-refractivity contribution in [1.29, 1.82) is 0 Å². The van der Waals surface area contributed by atoms with Crippen molar-refractivity contribution in [2.75, 3.05) is 19.5 Å². The maximum absolute atomic E-state index is 10.3. The molecule has 0 aliphatic carbocycles. The second-order valence-electron chi connectivity index (χ2n) is 4.83. The second-order valence-corrected chi connectivity index (χ2v) is 4.83. The van der Waals surface area contributed by atoms with Crippen LogP contribution in [0.1, 0.15) is 5.56 Å². The Hall–Kier alpha value is -2.14.